The lowest BCUT2D eigenvalue weighted by atomic mass is 9.99. The molecule has 0 amide bonds. The molecule has 1 atom stereocenters. The van der Waals surface area contributed by atoms with E-state index in [1.165, 1.54) is 7.11 Å². The van der Waals surface area contributed by atoms with Gasteiger partial charge in [-0.15, -0.1) is 0 Å². The van der Waals surface area contributed by atoms with Crippen molar-refractivity contribution in [2.45, 2.75) is 32.2 Å². The van der Waals surface area contributed by atoms with E-state index in [1.807, 2.05) is 25.1 Å². The summed E-state index contributed by atoms with van der Waals surface area (Å²) in [5, 5.41) is 0. The molecule has 0 bridgehead atoms. The summed E-state index contributed by atoms with van der Waals surface area (Å²) in [4.78, 5) is 11.0. The van der Waals surface area contributed by atoms with Crippen LogP contribution in [0.5, 0.6) is 5.75 Å². The highest BCUT2D eigenvalue weighted by Gasteiger charge is 2.12. The molecule has 4 heteroatoms. The van der Waals surface area contributed by atoms with Crippen LogP contribution in [0.2, 0.25) is 0 Å². The maximum absolute atomic E-state index is 11.0. The smallest absolute Gasteiger partial charge is 0.305 e. The van der Waals surface area contributed by atoms with Gasteiger partial charge in [0.1, 0.15) is 5.75 Å². The van der Waals surface area contributed by atoms with E-state index in [9.17, 15) is 4.79 Å². The van der Waals surface area contributed by atoms with Gasteiger partial charge in [0, 0.05) is 18.0 Å². The van der Waals surface area contributed by atoms with Crippen LogP contribution < -0.4 is 10.5 Å². The number of ether oxygens (including phenoxy) is 2. The molecule has 100 valence electrons. The van der Waals surface area contributed by atoms with Crippen LogP contribution in [-0.2, 0) is 9.53 Å². The van der Waals surface area contributed by atoms with Gasteiger partial charge in [0.15, 0.2) is 0 Å². The van der Waals surface area contributed by atoms with Crippen LogP contribution in [0.3, 0.4) is 0 Å². The standard InChI is InChI=1S/C14H21NO3/c1-10-7-8-13(17-2)11(9-10)12(15)5-4-6-14(16)18-3/h7-9,12H,4-6,15H2,1-3H3. The average Bonchev–Trinajstić information content (AvgIpc) is 2.38. The minimum absolute atomic E-state index is 0.121. The van der Waals surface area contributed by atoms with Gasteiger partial charge in [0.05, 0.1) is 14.2 Å². The molecule has 0 fully saturated rings. The number of carbonyl (C=O) groups excluding carboxylic acids is 1. The Hall–Kier alpha value is -1.55. The van der Waals surface area contributed by atoms with E-state index in [1.54, 1.807) is 7.11 Å². The van der Waals surface area contributed by atoms with Gasteiger partial charge in [0.25, 0.3) is 0 Å². The fourth-order valence-electron chi connectivity index (χ4n) is 1.87. The first-order valence-corrected chi connectivity index (χ1v) is 6.05. The minimum atomic E-state index is -0.196. The quantitative estimate of drug-likeness (QED) is 0.788. The molecule has 0 heterocycles. The van der Waals surface area contributed by atoms with E-state index in [2.05, 4.69) is 4.74 Å². The molecule has 0 radical (unpaired) electrons. The summed E-state index contributed by atoms with van der Waals surface area (Å²) in [6.45, 7) is 2.02. The van der Waals surface area contributed by atoms with Crippen molar-refractivity contribution in [3.63, 3.8) is 0 Å². The summed E-state index contributed by atoms with van der Waals surface area (Å²) in [6.07, 6.45) is 1.85. The Morgan fingerprint density at radius 1 is 1.39 bits per heavy atom. The second-order valence-corrected chi connectivity index (χ2v) is 4.32. The Kier molecular flexibility index (Phi) is 5.65. The first kappa shape index (κ1) is 14.5. The summed E-state index contributed by atoms with van der Waals surface area (Å²) < 4.78 is 9.90. The third-order valence-corrected chi connectivity index (χ3v) is 2.91. The van der Waals surface area contributed by atoms with Crippen LogP contribution in [-0.4, -0.2) is 20.2 Å². The Morgan fingerprint density at radius 2 is 2.11 bits per heavy atom. The molecule has 2 N–H and O–H groups in total. The summed E-state index contributed by atoms with van der Waals surface area (Å²) in [7, 11) is 3.03. The Labute approximate surface area is 108 Å². The van der Waals surface area contributed by atoms with Crippen LogP contribution >= 0.6 is 0 Å². The molecule has 0 spiro atoms. The van der Waals surface area contributed by atoms with Gasteiger partial charge in [0.2, 0.25) is 0 Å². The molecule has 1 rings (SSSR count). The first-order valence-electron chi connectivity index (χ1n) is 6.05. The molecule has 0 aliphatic carbocycles. The number of benzene rings is 1. The monoisotopic (exact) mass is 251 g/mol. The van der Waals surface area contributed by atoms with Crippen molar-refractivity contribution in [2.24, 2.45) is 5.73 Å². The van der Waals surface area contributed by atoms with Crippen molar-refractivity contribution >= 4 is 5.97 Å². The minimum Gasteiger partial charge on any atom is -0.496 e. The molecule has 0 aromatic heterocycles. The van der Waals surface area contributed by atoms with E-state index in [-0.39, 0.29) is 12.0 Å². The molecule has 0 aliphatic rings. The largest absolute Gasteiger partial charge is 0.496 e. The van der Waals surface area contributed by atoms with Crippen molar-refractivity contribution in [3.05, 3.63) is 29.3 Å². The molecular formula is C14H21NO3. The zero-order valence-electron chi connectivity index (χ0n) is 11.2. The van der Waals surface area contributed by atoms with Crippen LogP contribution in [0.15, 0.2) is 18.2 Å². The number of hydrogen-bond acceptors (Lipinski definition) is 4. The van der Waals surface area contributed by atoms with E-state index in [0.29, 0.717) is 12.8 Å². The summed E-state index contributed by atoms with van der Waals surface area (Å²) >= 11 is 0. The van der Waals surface area contributed by atoms with Gasteiger partial charge in [-0.3, -0.25) is 4.79 Å². The Balaban J connectivity index is 2.62. The van der Waals surface area contributed by atoms with Gasteiger partial charge < -0.3 is 15.2 Å². The molecule has 1 unspecified atom stereocenters. The fraction of sp³-hybridized carbons (Fsp3) is 0.500. The highest BCUT2D eigenvalue weighted by Crippen LogP contribution is 2.27. The molecule has 4 nitrogen and oxygen atoms in total. The number of aryl methyl sites for hydroxylation is 1. The van der Waals surface area contributed by atoms with Crippen LogP contribution in [0, 0.1) is 6.92 Å². The fourth-order valence-corrected chi connectivity index (χ4v) is 1.87. The highest BCUT2D eigenvalue weighted by molar-refractivity contribution is 5.69. The predicted octanol–water partition coefficient (Wildman–Crippen LogP) is 2.35. The molecular weight excluding hydrogens is 230 g/mol. The first-order chi connectivity index (χ1) is 8.58. The summed E-state index contributed by atoms with van der Waals surface area (Å²) in [6, 6.07) is 5.82. The van der Waals surface area contributed by atoms with E-state index < -0.39 is 0 Å². The van der Waals surface area contributed by atoms with Gasteiger partial charge in [-0.05, 0) is 25.8 Å². The second kappa shape index (κ2) is 7.01. The van der Waals surface area contributed by atoms with Crippen molar-refractivity contribution in [1.82, 2.24) is 0 Å². The average molecular weight is 251 g/mol. The Bertz CT molecular complexity index is 404. The molecule has 0 aliphatic heterocycles. The number of methoxy groups -OCH3 is 2. The van der Waals surface area contributed by atoms with Crippen LogP contribution in [0.4, 0.5) is 0 Å². The topological polar surface area (TPSA) is 61.5 Å². The van der Waals surface area contributed by atoms with Crippen LogP contribution in [0.25, 0.3) is 0 Å². The SMILES string of the molecule is COC(=O)CCCC(N)c1cc(C)ccc1OC. The predicted molar refractivity (Wildman–Crippen MR) is 70.5 cm³/mol. The van der Waals surface area contributed by atoms with E-state index in [4.69, 9.17) is 10.5 Å². The zero-order chi connectivity index (χ0) is 13.5. The third-order valence-electron chi connectivity index (χ3n) is 2.91. The van der Waals surface area contributed by atoms with Crippen LogP contribution in [0.1, 0.15) is 36.4 Å². The van der Waals surface area contributed by atoms with E-state index in [0.717, 1.165) is 23.3 Å². The molecule has 0 saturated carbocycles. The van der Waals surface area contributed by atoms with Gasteiger partial charge in [-0.25, -0.2) is 0 Å². The van der Waals surface area contributed by atoms with Crippen molar-refractivity contribution in [1.29, 1.82) is 0 Å². The van der Waals surface area contributed by atoms with Crippen molar-refractivity contribution in [2.75, 3.05) is 14.2 Å². The highest BCUT2D eigenvalue weighted by atomic mass is 16.5. The Morgan fingerprint density at radius 3 is 2.72 bits per heavy atom. The number of carbonyl (C=O) groups is 1. The molecule has 18 heavy (non-hydrogen) atoms. The zero-order valence-corrected chi connectivity index (χ0v) is 11.2. The number of rotatable bonds is 6. The maximum atomic E-state index is 11.0. The number of nitrogens with two attached hydrogens (primary N) is 1. The van der Waals surface area contributed by atoms with Crippen molar-refractivity contribution < 1.29 is 14.3 Å². The third kappa shape index (κ3) is 4.04. The normalized spacial score (nSPS) is 12.0. The van der Waals surface area contributed by atoms with Crippen molar-refractivity contribution in [3.8, 4) is 5.75 Å². The lowest BCUT2D eigenvalue weighted by Gasteiger charge is -2.16. The molecule has 0 saturated heterocycles. The molecule has 1 aromatic rings. The van der Waals surface area contributed by atoms with Gasteiger partial charge >= 0.3 is 5.97 Å². The summed E-state index contributed by atoms with van der Waals surface area (Å²) in [5.74, 6) is 0.601. The van der Waals surface area contributed by atoms with Gasteiger partial charge in [-0.1, -0.05) is 17.7 Å². The summed E-state index contributed by atoms with van der Waals surface area (Å²) in [5.41, 5.74) is 8.27. The van der Waals surface area contributed by atoms with Gasteiger partial charge in [-0.2, -0.15) is 0 Å². The maximum Gasteiger partial charge on any atom is 0.305 e. The number of esters is 1. The lowest BCUT2D eigenvalue weighted by molar-refractivity contribution is -0.140. The second-order valence-electron chi connectivity index (χ2n) is 4.32. The lowest BCUT2D eigenvalue weighted by Crippen LogP contribution is -2.12. The van der Waals surface area contributed by atoms with E-state index >= 15 is 0 Å². The molecule has 1 aromatic carbocycles. The number of hydrogen-bond donors (Lipinski definition) is 1.